The number of hydrogen-bond acceptors (Lipinski definition) is 3. The molecule has 0 aromatic heterocycles. The van der Waals surface area contributed by atoms with E-state index in [2.05, 4.69) is 72.5 Å². The Morgan fingerprint density at radius 2 is 1.33 bits per heavy atom. The van der Waals surface area contributed by atoms with E-state index in [4.69, 9.17) is 4.84 Å². The smallest absolute Gasteiger partial charge is 0.247 e. The lowest BCUT2D eigenvalue weighted by atomic mass is 9.96. The summed E-state index contributed by atoms with van der Waals surface area (Å²) in [5.74, 6) is -0.0512. The molecule has 0 spiro atoms. The van der Waals surface area contributed by atoms with E-state index in [1.807, 2.05) is 30.3 Å². The number of rotatable bonds is 9. The third-order valence-corrected chi connectivity index (χ3v) is 5.57. The van der Waals surface area contributed by atoms with Gasteiger partial charge >= 0.3 is 0 Å². The van der Waals surface area contributed by atoms with E-state index < -0.39 is 0 Å². The normalized spacial score (nSPS) is 13.1. The van der Waals surface area contributed by atoms with Crippen LogP contribution in [-0.4, -0.2) is 30.0 Å². The zero-order chi connectivity index (χ0) is 21.3. The SMILES string of the molecule is CON(C)C(=O)C[C@H](c1ccccc1)N(Cc1ccccc1)[C@@H](C)c1ccccc1. The van der Waals surface area contributed by atoms with Crippen molar-refractivity contribution in [2.45, 2.75) is 32.0 Å². The fourth-order valence-corrected chi connectivity index (χ4v) is 3.73. The first-order chi connectivity index (χ1) is 14.6. The Hall–Kier alpha value is -2.95. The molecule has 0 unspecified atom stereocenters. The van der Waals surface area contributed by atoms with E-state index in [-0.39, 0.29) is 18.0 Å². The Morgan fingerprint density at radius 1 is 0.833 bits per heavy atom. The maximum Gasteiger partial charge on any atom is 0.247 e. The van der Waals surface area contributed by atoms with Gasteiger partial charge in [-0.1, -0.05) is 91.0 Å². The molecule has 0 aliphatic heterocycles. The molecule has 3 rings (SSSR count). The molecule has 156 valence electrons. The van der Waals surface area contributed by atoms with Gasteiger partial charge in [0.1, 0.15) is 0 Å². The summed E-state index contributed by atoms with van der Waals surface area (Å²) in [5, 5.41) is 1.31. The number of carbonyl (C=O) groups is 1. The first-order valence-corrected chi connectivity index (χ1v) is 10.3. The van der Waals surface area contributed by atoms with Crippen LogP contribution in [0.4, 0.5) is 0 Å². The predicted molar refractivity (Wildman–Crippen MR) is 120 cm³/mol. The van der Waals surface area contributed by atoms with Crippen LogP contribution in [0.3, 0.4) is 0 Å². The van der Waals surface area contributed by atoms with Crippen molar-refractivity contribution >= 4 is 5.91 Å². The summed E-state index contributed by atoms with van der Waals surface area (Å²) < 4.78 is 0. The third-order valence-electron chi connectivity index (χ3n) is 5.57. The number of carbonyl (C=O) groups excluding carboxylic acids is 1. The molecule has 2 atom stereocenters. The van der Waals surface area contributed by atoms with Crippen molar-refractivity contribution in [1.82, 2.24) is 9.96 Å². The maximum atomic E-state index is 12.8. The lowest BCUT2D eigenvalue weighted by Crippen LogP contribution is -2.36. The second-order valence-electron chi connectivity index (χ2n) is 7.45. The largest absolute Gasteiger partial charge is 0.285 e. The van der Waals surface area contributed by atoms with E-state index >= 15 is 0 Å². The third kappa shape index (κ3) is 5.56. The number of amides is 1. The summed E-state index contributed by atoms with van der Waals surface area (Å²) in [6.07, 6.45) is 0.332. The van der Waals surface area contributed by atoms with Gasteiger partial charge in [-0.25, -0.2) is 5.06 Å². The van der Waals surface area contributed by atoms with Crippen LogP contribution in [-0.2, 0) is 16.2 Å². The van der Waals surface area contributed by atoms with Crippen molar-refractivity contribution in [3.63, 3.8) is 0 Å². The lowest BCUT2D eigenvalue weighted by Gasteiger charge is -2.37. The fraction of sp³-hybridized carbons (Fsp3) is 0.269. The second-order valence-corrected chi connectivity index (χ2v) is 7.45. The van der Waals surface area contributed by atoms with Crippen LogP contribution in [0.25, 0.3) is 0 Å². The minimum Gasteiger partial charge on any atom is -0.285 e. The Labute approximate surface area is 179 Å². The summed E-state index contributed by atoms with van der Waals surface area (Å²) >= 11 is 0. The highest BCUT2D eigenvalue weighted by molar-refractivity contribution is 5.75. The molecule has 1 amide bonds. The molecule has 0 saturated carbocycles. The molecule has 4 nitrogen and oxygen atoms in total. The van der Waals surface area contributed by atoms with Crippen molar-refractivity contribution in [1.29, 1.82) is 0 Å². The first kappa shape index (κ1) is 21.8. The lowest BCUT2D eigenvalue weighted by molar-refractivity contribution is -0.170. The minimum absolute atomic E-state index is 0.0512. The number of hydrogen-bond donors (Lipinski definition) is 0. The topological polar surface area (TPSA) is 32.8 Å². The summed E-state index contributed by atoms with van der Waals surface area (Å²) in [6, 6.07) is 31.2. The highest BCUT2D eigenvalue weighted by Gasteiger charge is 2.29. The van der Waals surface area contributed by atoms with Gasteiger partial charge in [-0.2, -0.15) is 0 Å². The molecule has 0 fully saturated rings. The second kappa shape index (κ2) is 10.7. The average molecular weight is 403 g/mol. The standard InChI is InChI=1S/C26H30N2O2/c1-21(23-15-9-5-10-16-23)28(20-22-13-7-4-8-14-22)25(19-26(29)27(2)30-3)24-17-11-6-12-18-24/h4-18,21,25H,19-20H2,1-3H3/t21-,25+/m0/s1. The molecular formula is C26H30N2O2. The molecule has 3 aromatic carbocycles. The molecule has 0 heterocycles. The van der Waals surface area contributed by atoms with Crippen LogP contribution in [0.2, 0.25) is 0 Å². The van der Waals surface area contributed by atoms with Gasteiger partial charge in [0.25, 0.3) is 0 Å². The van der Waals surface area contributed by atoms with E-state index in [1.54, 1.807) is 7.05 Å². The van der Waals surface area contributed by atoms with Crippen LogP contribution in [0.5, 0.6) is 0 Å². The van der Waals surface area contributed by atoms with Gasteiger partial charge in [-0.15, -0.1) is 0 Å². The van der Waals surface area contributed by atoms with Gasteiger partial charge in [0.05, 0.1) is 7.11 Å². The Morgan fingerprint density at radius 3 is 1.87 bits per heavy atom. The Balaban J connectivity index is 2.01. The molecule has 0 aliphatic carbocycles. The summed E-state index contributed by atoms with van der Waals surface area (Å²) in [4.78, 5) is 20.4. The molecule has 4 heteroatoms. The molecule has 0 aliphatic rings. The molecule has 30 heavy (non-hydrogen) atoms. The average Bonchev–Trinajstić information content (AvgIpc) is 2.82. The number of hydroxylamine groups is 2. The van der Waals surface area contributed by atoms with Crippen LogP contribution in [0.1, 0.15) is 42.1 Å². The quantitative estimate of drug-likeness (QED) is 0.449. The van der Waals surface area contributed by atoms with E-state index in [0.717, 1.165) is 12.1 Å². The zero-order valence-electron chi connectivity index (χ0n) is 17.9. The van der Waals surface area contributed by atoms with Crippen molar-refractivity contribution in [3.05, 3.63) is 108 Å². The van der Waals surface area contributed by atoms with Gasteiger partial charge in [-0.3, -0.25) is 14.5 Å². The van der Waals surface area contributed by atoms with Crippen molar-refractivity contribution in [2.75, 3.05) is 14.2 Å². The van der Waals surface area contributed by atoms with Crippen LogP contribution in [0.15, 0.2) is 91.0 Å². The monoisotopic (exact) mass is 402 g/mol. The fourth-order valence-electron chi connectivity index (χ4n) is 3.73. The van der Waals surface area contributed by atoms with E-state index in [9.17, 15) is 4.79 Å². The molecule has 3 aromatic rings. The van der Waals surface area contributed by atoms with Gasteiger partial charge in [0.15, 0.2) is 0 Å². The highest BCUT2D eigenvalue weighted by Crippen LogP contribution is 2.35. The van der Waals surface area contributed by atoms with Gasteiger partial charge in [0, 0.05) is 32.1 Å². The summed E-state index contributed by atoms with van der Waals surface area (Å²) in [6.45, 7) is 2.94. The number of nitrogens with zero attached hydrogens (tertiary/aromatic N) is 2. The first-order valence-electron chi connectivity index (χ1n) is 10.3. The van der Waals surface area contributed by atoms with Gasteiger partial charge in [-0.05, 0) is 23.6 Å². The Bertz CT molecular complexity index is 900. The zero-order valence-corrected chi connectivity index (χ0v) is 17.9. The Kier molecular flexibility index (Phi) is 7.77. The van der Waals surface area contributed by atoms with E-state index in [0.29, 0.717) is 6.42 Å². The van der Waals surface area contributed by atoms with Crippen molar-refractivity contribution in [3.8, 4) is 0 Å². The van der Waals surface area contributed by atoms with Crippen molar-refractivity contribution in [2.24, 2.45) is 0 Å². The van der Waals surface area contributed by atoms with E-state index in [1.165, 1.54) is 23.3 Å². The highest BCUT2D eigenvalue weighted by atomic mass is 16.7. The molecule has 0 N–H and O–H groups in total. The molecule has 0 saturated heterocycles. The molecule has 0 radical (unpaired) electrons. The van der Waals surface area contributed by atoms with Crippen LogP contribution in [0, 0.1) is 0 Å². The maximum absolute atomic E-state index is 12.8. The van der Waals surface area contributed by atoms with Crippen LogP contribution < -0.4 is 0 Å². The van der Waals surface area contributed by atoms with Crippen molar-refractivity contribution < 1.29 is 9.63 Å². The van der Waals surface area contributed by atoms with Crippen LogP contribution >= 0.6 is 0 Å². The molecule has 0 bridgehead atoms. The van der Waals surface area contributed by atoms with Gasteiger partial charge < -0.3 is 0 Å². The molecular weight excluding hydrogens is 372 g/mol. The van der Waals surface area contributed by atoms with Gasteiger partial charge in [0.2, 0.25) is 5.91 Å². The minimum atomic E-state index is -0.0910. The predicted octanol–water partition coefficient (Wildman–Crippen LogP) is 5.40. The summed E-state index contributed by atoms with van der Waals surface area (Å²) in [7, 11) is 3.18. The summed E-state index contributed by atoms with van der Waals surface area (Å²) in [5.41, 5.74) is 3.56. The number of benzene rings is 3.